The van der Waals surface area contributed by atoms with Crippen LogP contribution in [0.5, 0.6) is 0 Å². The molecule has 1 heterocycles. The minimum absolute atomic E-state index is 0.109. The quantitative estimate of drug-likeness (QED) is 0.865. The van der Waals surface area contributed by atoms with Crippen molar-refractivity contribution < 1.29 is 4.79 Å². The van der Waals surface area contributed by atoms with Crippen LogP contribution in [0.1, 0.15) is 16.1 Å². The number of aromatic nitrogens is 1. The summed E-state index contributed by atoms with van der Waals surface area (Å²) in [5.74, 6) is -0.109. The molecule has 0 bridgehead atoms. The van der Waals surface area contributed by atoms with Crippen molar-refractivity contribution in [3.63, 3.8) is 0 Å². The lowest BCUT2D eigenvalue weighted by atomic mass is 10.2. The van der Waals surface area contributed by atoms with E-state index in [1.165, 1.54) is 11.3 Å². The molecule has 0 aliphatic rings. The van der Waals surface area contributed by atoms with E-state index in [9.17, 15) is 4.79 Å². The standard InChI is InChI=1S/C12H10Cl2N2OS/c1-16(12(17)11-6-18-7-15-11)5-8-2-3-9(13)10(14)4-8/h2-4,6-7H,5H2,1H3. The van der Waals surface area contributed by atoms with Gasteiger partial charge in [-0.15, -0.1) is 11.3 Å². The maximum absolute atomic E-state index is 12.0. The molecule has 3 nitrogen and oxygen atoms in total. The second-order valence-electron chi connectivity index (χ2n) is 3.78. The highest BCUT2D eigenvalue weighted by Crippen LogP contribution is 2.23. The van der Waals surface area contributed by atoms with Crippen LogP contribution in [0.4, 0.5) is 0 Å². The fraction of sp³-hybridized carbons (Fsp3) is 0.167. The maximum Gasteiger partial charge on any atom is 0.273 e. The van der Waals surface area contributed by atoms with E-state index in [1.807, 2.05) is 6.07 Å². The average Bonchev–Trinajstić information content (AvgIpc) is 2.86. The topological polar surface area (TPSA) is 33.2 Å². The predicted molar refractivity (Wildman–Crippen MR) is 74.4 cm³/mol. The zero-order chi connectivity index (χ0) is 13.1. The average molecular weight is 301 g/mol. The third kappa shape index (κ3) is 3.02. The summed E-state index contributed by atoms with van der Waals surface area (Å²) in [4.78, 5) is 17.6. The van der Waals surface area contributed by atoms with Crippen LogP contribution in [-0.4, -0.2) is 22.8 Å². The number of amides is 1. The lowest BCUT2D eigenvalue weighted by Crippen LogP contribution is -2.26. The van der Waals surface area contributed by atoms with Crippen molar-refractivity contribution in [2.24, 2.45) is 0 Å². The number of thiazole rings is 1. The molecule has 0 saturated carbocycles. The van der Waals surface area contributed by atoms with E-state index in [1.54, 1.807) is 35.0 Å². The van der Waals surface area contributed by atoms with E-state index in [4.69, 9.17) is 23.2 Å². The summed E-state index contributed by atoms with van der Waals surface area (Å²) >= 11 is 13.2. The van der Waals surface area contributed by atoms with Gasteiger partial charge in [-0.05, 0) is 17.7 Å². The Morgan fingerprint density at radius 2 is 2.17 bits per heavy atom. The van der Waals surface area contributed by atoms with Gasteiger partial charge in [0.25, 0.3) is 5.91 Å². The molecule has 1 amide bonds. The van der Waals surface area contributed by atoms with Gasteiger partial charge in [0.1, 0.15) is 5.69 Å². The van der Waals surface area contributed by atoms with Crippen LogP contribution in [0.15, 0.2) is 29.1 Å². The number of halogens is 2. The van der Waals surface area contributed by atoms with Crippen molar-refractivity contribution >= 4 is 40.4 Å². The molecule has 0 unspecified atom stereocenters. The Morgan fingerprint density at radius 3 is 2.78 bits per heavy atom. The van der Waals surface area contributed by atoms with Crippen LogP contribution < -0.4 is 0 Å². The van der Waals surface area contributed by atoms with Crippen LogP contribution in [-0.2, 0) is 6.54 Å². The first kappa shape index (κ1) is 13.3. The van der Waals surface area contributed by atoms with Gasteiger partial charge in [0.15, 0.2) is 0 Å². The minimum Gasteiger partial charge on any atom is -0.336 e. The van der Waals surface area contributed by atoms with Crippen LogP contribution in [0.3, 0.4) is 0 Å². The van der Waals surface area contributed by atoms with Crippen molar-refractivity contribution in [1.29, 1.82) is 0 Å². The molecule has 2 rings (SSSR count). The summed E-state index contributed by atoms with van der Waals surface area (Å²) in [5, 5.41) is 2.73. The molecule has 1 aromatic heterocycles. The van der Waals surface area contributed by atoms with E-state index in [0.717, 1.165) is 5.56 Å². The van der Waals surface area contributed by atoms with Gasteiger partial charge in [0, 0.05) is 19.0 Å². The number of rotatable bonds is 3. The molecule has 0 atom stereocenters. The Bertz CT molecular complexity index is 557. The SMILES string of the molecule is CN(Cc1ccc(Cl)c(Cl)c1)C(=O)c1cscn1. The van der Waals surface area contributed by atoms with Crippen molar-refractivity contribution in [1.82, 2.24) is 9.88 Å². The first-order valence-corrected chi connectivity index (χ1v) is 6.85. The zero-order valence-electron chi connectivity index (χ0n) is 9.56. The van der Waals surface area contributed by atoms with Gasteiger partial charge >= 0.3 is 0 Å². The molecule has 0 N–H and O–H groups in total. The van der Waals surface area contributed by atoms with Crippen LogP contribution in [0, 0.1) is 0 Å². The van der Waals surface area contributed by atoms with Gasteiger partial charge in [-0.1, -0.05) is 29.3 Å². The molecule has 6 heteroatoms. The monoisotopic (exact) mass is 300 g/mol. The van der Waals surface area contributed by atoms with Gasteiger partial charge in [-0.2, -0.15) is 0 Å². The zero-order valence-corrected chi connectivity index (χ0v) is 11.9. The van der Waals surface area contributed by atoms with E-state index < -0.39 is 0 Å². The van der Waals surface area contributed by atoms with Crippen molar-refractivity contribution in [2.75, 3.05) is 7.05 Å². The van der Waals surface area contributed by atoms with Crippen LogP contribution in [0.25, 0.3) is 0 Å². The molecule has 0 saturated heterocycles. The molecule has 0 aliphatic carbocycles. The largest absolute Gasteiger partial charge is 0.336 e. The van der Waals surface area contributed by atoms with E-state index >= 15 is 0 Å². The molecule has 0 aliphatic heterocycles. The van der Waals surface area contributed by atoms with Crippen molar-refractivity contribution in [2.45, 2.75) is 6.54 Å². The highest BCUT2D eigenvalue weighted by atomic mass is 35.5. The Kier molecular flexibility index (Phi) is 4.22. The van der Waals surface area contributed by atoms with Crippen molar-refractivity contribution in [3.05, 3.63) is 50.4 Å². The van der Waals surface area contributed by atoms with Gasteiger partial charge in [-0.3, -0.25) is 4.79 Å². The smallest absolute Gasteiger partial charge is 0.273 e. The molecule has 2 aromatic rings. The van der Waals surface area contributed by atoms with Gasteiger partial charge in [0.2, 0.25) is 0 Å². The van der Waals surface area contributed by atoms with E-state index in [2.05, 4.69) is 4.98 Å². The fourth-order valence-electron chi connectivity index (χ4n) is 1.50. The van der Waals surface area contributed by atoms with Gasteiger partial charge < -0.3 is 4.90 Å². The summed E-state index contributed by atoms with van der Waals surface area (Å²) in [6.07, 6.45) is 0. The van der Waals surface area contributed by atoms with Crippen LogP contribution >= 0.6 is 34.5 Å². The lowest BCUT2D eigenvalue weighted by Gasteiger charge is -2.16. The Morgan fingerprint density at radius 1 is 1.39 bits per heavy atom. The predicted octanol–water partition coefficient (Wildman–Crippen LogP) is 3.72. The highest BCUT2D eigenvalue weighted by molar-refractivity contribution is 7.07. The molecular weight excluding hydrogens is 291 g/mol. The van der Waals surface area contributed by atoms with Gasteiger partial charge in [-0.25, -0.2) is 4.98 Å². The van der Waals surface area contributed by atoms with E-state index in [0.29, 0.717) is 22.3 Å². The summed E-state index contributed by atoms with van der Waals surface area (Å²) in [5.41, 5.74) is 3.03. The summed E-state index contributed by atoms with van der Waals surface area (Å²) < 4.78 is 0. The number of carbonyl (C=O) groups excluding carboxylic acids is 1. The number of benzene rings is 1. The molecule has 94 valence electrons. The Balaban J connectivity index is 2.09. The number of nitrogens with zero attached hydrogens (tertiary/aromatic N) is 2. The second kappa shape index (κ2) is 5.69. The minimum atomic E-state index is -0.109. The molecule has 0 radical (unpaired) electrons. The third-order valence-corrected chi connectivity index (χ3v) is 3.73. The lowest BCUT2D eigenvalue weighted by molar-refractivity contribution is 0.0780. The van der Waals surface area contributed by atoms with Gasteiger partial charge in [0.05, 0.1) is 15.6 Å². The number of hydrogen-bond acceptors (Lipinski definition) is 3. The molecule has 18 heavy (non-hydrogen) atoms. The van der Waals surface area contributed by atoms with E-state index in [-0.39, 0.29) is 5.91 Å². The number of hydrogen-bond donors (Lipinski definition) is 0. The Hall–Kier alpha value is -1.10. The fourth-order valence-corrected chi connectivity index (χ4v) is 2.34. The molecule has 0 spiro atoms. The highest BCUT2D eigenvalue weighted by Gasteiger charge is 2.14. The summed E-state index contributed by atoms with van der Waals surface area (Å²) in [6, 6.07) is 5.33. The molecule has 1 aromatic carbocycles. The number of carbonyl (C=O) groups is 1. The first-order chi connectivity index (χ1) is 8.58. The molecular formula is C12H10Cl2N2OS. The third-order valence-electron chi connectivity index (χ3n) is 2.40. The summed E-state index contributed by atoms with van der Waals surface area (Å²) in [6.45, 7) is 0.466. The normalized spacial score (nSPS) is 10.4. The first-order valence-electron chi connectivity index (χ1n) is 5.15. The van der Waals surface area contributed by atoms with Crippen LogP contribution in [0.2, 0.25) is 10.0 Å². The van der Waals surface area contributed by atoms with Crippen molar-refractivity contribution in [3.8, 4) is 0 Å². The summed E-state index contributed by atoms with van der Waals surface area (Å²) in [7, 11) is 1.73. The molecule has 0 fully saturated rings. The second-order valence-corrected chi connectivity index (χ2v) is 5.32. The maximum atomic E-state index is 12.0. The Labute approximate surface area is 119 Å².